The number of nitrogens with one attached hydrogen (secondary N) is 3. The van der Waals surface area contributed by atoms with Gasteiger partial charge in [-0.25, -0.2) is 18.2 Å². The lowest BCUT2D eigenvalue weighted by Crippen LogP contribution is -2.22. The smallest absolute Gasteiger partial charge is 0.307 e. The van der Waals surface area contributed by atoms with Crippen LogP contribution >= 0.6 is 11.3 Å². The summed E-state index contributed by atoms with van der Waals surface area (Å²) >= 11 is 1.14. The van der Waals surface area contributed by atoms with E-state index in [0.29, 0.717) is 0 Å². The van der Waals surface area contributed by atoms with Crippen molar-refractivity contribution in [1.82, 2.24) is 15.0 Å². The largest absolute Gasteiger partial charge is 0.326 e. The van der Waals surface area contributed by atoms with Crippen molar-refractivity contribution >= 4 is 37.4 Å². The summed E-state index contributed by atoms with van der Waals surface area (Å²) in [5.74, 6) is 0. The highest BCUT2D eigenvalue weighted by molar-refractivity contribution is 7.93. The quantitative estimate of drug-likeness (QED) is 0.646. The van der Waals surface area contributed by atoms with Gasteiger partial charge in [-0.1, -0.05) is 0 Å². The summed E-state index contributed by atoms with van der Waals surface area (Å²) in [7, 11) is -3.84. The summed E-state index contributed by atoms with van der Waals surface area (Å²) in [4.78, 5) is 31.0. The zero-order valence-electron chi connectivity index (χ0n) is 10.3. The van der Waals surface area contributed by atoms with Crippen molar-refractivity contribution in [3.8, 4) is 0 Å². The molecule has 0 saturated heterocycles. The van der Waals surface area contributed by atoms with Crippen LogP contribution in [0.15, 0.2) is 44.3 Å². The molecule has 1 aromatic carbocycles. The van der Waals surface area contributed by atoms with E-state index in [-0.39, 0.29) is 20.9 Å². The zero-order chi connectivity index (χ0) is 15.0. The molecule has 3 rings (SSSR count). The summed E-state index contributed by atoms with van der Waals surface area (Å²) < 4.78 is 26.7. The van der Waals surface area contributed by atoms with E-state index in [1.54, 1.807) is 5.38 Å². The van der Waals surface area contributed by atoms with Crippen LogP contribution in [-0.2, 0) is 10.0 Å². The molecule has 0 atom stereocenters. The van der Waals surface area contributed by atoms with E-state index in [0.717, 1.165) is 11.3 Å². The molecule has 10 heteroatoms. The van der Waals surface area contributed by atoms with Crippen molar-refractivity contribution in [3.63, 3.8) is 0 Å². The Hall–Kier alpha value is -2.46. The molecular formula is C11H8N4O4S2. The van der Waals surface area contributed by atoms with E-state index in [1.165, 1.54) is 24.4 Å². The Bertz CT molecular complexity index is 1020. The second-order valence-corrected chi connectivity index (χ2v) is 6.64. The Morgan fingerprint density at radius 3 is 2.71 bits per heavy atom. The molecule has 8 nitrogen and oxygen atoms in total. The van der Waals surface area contributed by atoms with E-state index >= 15 is 0 Å². The van der Waals surface area contributed by atoms with Gasteiger partial charge < -0.3 is 4.98 Å². The third kappa shape index (κ3) is 2.58. The number of nitrogens with zero attached hydrogens (tertiary/aromatic N) is 1. The van der Waals surface area contributed by atoms with Gasteiger partial charge in [-0.3, -0.25) is 14.5 Å². The predicted octanol–water partition coefficient (Wildman–Crippen LogP) is 0.474. The number of aromatic amines is 2. The molecule has 3 aromatic rings. The Morgan fingerprint density at radius 2 is 2.00 bits per heavy atom. The molecule has 0 aliphatic heterocycles. The second-order valence-electron chi connectivity index (χ2n) is 4.06. The number of benzene rings is 1. The van der Waals surface area contributed by atoms with Gasteiger partial charge in [0.1, 0.15) is 0 Å². The fourth-order valence-corrected chi connectivity index (χ4v) is 3.58. The Morgan fingerprint density at radius 1 is 1.19 bits per heavy atom. The molecule has 3 N–H and O–H groups in total. The van der Waals surface area contributed by atoms with Crippen molar-refractivity contribution in [1.29, 1.82) is 0 Å². The summed E-state index contributed by atoms with van der Waals surface area (Å²) in [6, 6.07) is 3.84. The standard InChI is InChI=1S/C11H8N4O4S2/c16-9-7-2-1-6(5-8(7)13-10(17)14-9)21(18,19)15-11-12-3-4-20-11/h1-5H,(H,12,15)(H2,13,14,16,17). The van der Waals surface area contributed by atoms with Gasteiger partial charge in [0, 0.05) is 11.6 Å². The van der Waals surface area contributed by atoms with E-state index in [2.05, 4.69) is 19.7 Å². The molecule has 2 aromatic heterocycles. The van der Waals surface area contributed by atoms with Crippen molar-refractivity contribution in [2.75, 3.05) is 4.72 Å². The topological polar surface area (TPSA) is 125 Å². The number of anilines is 1. The van der Waals surface area contributed by atoms with Crippen LogP contribution in [0.2, 0.25) is 0 Å². The molecule has 0 radical (unpaired) electrons. The van der Waals surface area contributed by atoms with Crippen molar-refractivity contribution in [3.05, 3.63) is 50.6 Å². The van der Waals surface area contributed by atoms with Gasteiger partial charge in [-0.15, -0.1) is 11.3 Å². The highest BCUT2D eigenvalue weighted by atomic mass is 32.2. The SMILES string of the molecule is O=c1[nH]c(=O)c2ccc(S(=O)(=O)Nc3nccs3)cc2[nH]1. The van der Waals surface area contributed by atoms with Crippen LogP contribution in [0.25, 0.3) is 10.9 Å². The predicted molar refractivity (Wildman–Crippen MR) is 78.1 cm³/mol. The minimum atomic E-state index is -3.84. The average molecular weight is 324 g/mol. The third-order valence-corrected chi connectivity index (χ3v) is 4.83. The maximum atomic E-state index is 12.2. The Labute approximate surface area is 121 Å². The summed E-state index contributed by atoms with van der Waals surface area (Å²) in [5.41, 5.74) is -1.13. The molecule has 0 unspecified atom stereocenters. The van der Waals surface area contributed by atoms with E-state index in [4.69, 9.17) is 0 Å². The van der Waals surface area contributed by atoms with Crippen molar-refractivity contribution in [2.45, 2.75) is 4.90 Å². The zero-order valence-corrected chi connectivity index (χ0v) is 11.9. The van der Waals surface area contributed by atoms with E-state index < -0.39 is 21.3 Å². The lowest BCUT2D eigenvalue weighted by molar-refractivity contribution is 0.601. The van der Waals surface area contributed by atoms with Crippen LogP contribution in [0.1, 0.15) is 0 Å². The maximum Gasteiger partial charge on any atom is 0.326 e. The molecule has 0 bridgehead atoms. The van der Waals surface area contributed by atoms with Crippen LogP contribution in [0.5, 0.6) is 0 Å². The first-order valence-corrected chi connectivity index (χ1v) is 8.01. The Balaban J connectivity index is 2.12. The molecule has 0 saturated carbocycles. The summed E-state index contributed by atoms with van der Waals surface area (Å²) in [6.45, 7) is 0. The monoisotopic (exact) mass is 324 g/mol. The molecule has 0 amide bonds. The molecule has 0 fully saturated rings. The average Bonchev–Trinajstić information content (AvgIpc) is 2.90. The Kier molecular flexibility index (Phi) is 3.11. The van der Waals surface area contributed by atoms with Gasteiger partial charge in [-0.2, -0.15) is 0 Å². The molecule has 0 spiro atoms. The minimum absolute atomic E-state index is 0.0774. The third-order valence-electron chi connectivity index (χ3n) is 2.68. The van der Waals surface area contributed by atoms with Crippen molar-refractivity contribution < 1.29 is 8.42 Å². The van der Waals surface area contributed by atoms with Gasteiger partial charge in [0.05, 0.1) is 15.8 Å². The molecular weight excluding hydrogens is 316 g/mol. The first-order valence-electron chi connectivity index (χ1n) is 5.64. The number of sulfonamides is 1. The van der Waals surface area contributed by atoms with Gasteiger partial charge in [0.15, 0.2) is 5.13 Å². The van der Waals surface area contributed by atoms with Crippen LogP contribution in [0.3, 0.4) is 0 Å². The first-order chi connectivity index (χ1) is 9.95. The first kappa shape index (κ1) is 13.5. The van der Waals surface area contributed by atoms with E-state index in [1.807, 2.05) is 0 Å². The normalized spacial score (nSPS) is 11.6. The van der Waals surface area contributed by atoms with E-state index in [9.17, 15) is 18.0 Å². The maximum absolute atomic E-state index is 12.2. The lowest BCUT2D eigenvalue weighted by atomic mass is 10.2. The number of fused-ring (bicyclic) bond motifs is 1. The number of hydrogen-bond donors (Lipinski definition) is 3. The molecule has 0 aliphatic carbocycles. The van der Waals surface area contributed by atoms with Crippen LogP contribution in [0, 0.1) is 0 Å². The fraction of sp³-hybridized carbons (Fsp3) is 0. The molecule has 2 heterocycles. The van der Waals surface area contributed by atoms with Crippen molar-refractivity contribution in [2.24, 2.45) is 0 Å². The summed E-state index contributed by atoms with van der Waals surface area (Å²) in [5, 5.41) is 2.06. The highest BCUT2D eigenvalue weighted by Gasteiger charge is 2.16. The number of rotatable bonds is 3. The minimum Gasteiger partial charge on any atom is -0.307 e. The molecule has 21 heavy (non-hydrogen) atoms. The van der Waals surface area contributed by atoms with Crippen LogP contribution < -0.4 is 16.0 Å². The van der Waals surface area contributed by atoms with Crippen LogP contribution in [0.4, 0.5) is 5.13 Å². The lowest BCUT2D eigenvalue weighted by Gasteiger charge is -2.06. The van der Waals surface area contributed by atoms with Gasteiger partial charge in [0.25, 0.3) is 15.6 Å². The van der Waals surface area contributed by atoms with Gasteiger partial charge in [0.2, 0.25) is 0 Å². The van der Waals surface area contributed by atoms with Crippen LogP contribution in [-0.4, -0.2) is 23.4 Å². The molecule has 0 aliphatic rings. The summed E-state index contributed by atoms with van der Waals surface area (Å²) in [6.07, 6.45) is 1.47. The fourth-order valence-electron chi connectivity index (χ4n) is 1.76. The molecule has 108 valence electrons. The number of thiazole rings is 1. The highest BCUT2D eigenvalue weighted by Crippen LogP contribution is 2.19. The van der Waals surface area contributed by atoms with Gasteiger partial charge in [-0.05, 0) is 18.2 Å². The van der Waals surface area contributed by atoms with Gasteiger partial charge >= 0.3 is 5.69 Å². The number of aromatic nitrogens is 3. The number of hydrogen-bond acceptors (Lipinski definition) is 6. The second kappa shape index (κ2) is 4.82. The number of H-pyrrole nitrogens is 2.